The Hall–Kier alpha value is -0.650. The summed E-state index contributed by atoms with van der Waals surface area (Å²) in [5.41, 5.74) is 7.18. The Balaban J connectivity index is 3.68. The molecule has 0 radical (unpaired) electrons. The molecule has 0 spiro atoms. The molecule has 0 saturated carbocycles. The fourth-order valence-corrected chi connectivity index (χ4v) is 0.600. The zero-order chi connectivity index (χ0) is 7.98. The first-order valence-corrected chi connectivity index (χ1v) is 2.99. The predicted octanol–water partition coefficient (Wildman–Crippen LogP) is -1.66. The Morgan fingerprint density at radius 2 is 2.40 bits per heavy atom. The number of carbonyl (C=O) groups is 1. The summed E-state index contributed by atoms with van der Waals surface area (Å²) in [6.07, 6.45) is -0.0329. The second-order valence-electron chi connectivity index (χ2n) is 1.81. The first-order chi connectivity index (χ1) is 4.76. The van der Waals surface area contributed by atoms with Crippen molar-refractivity contribution in [3.63, 3.8) is 0 Å². The summed E-state index contributed by atoms with van der Waals surface area (Å²) >= 11 is 0. The topological polar surface area (TPSA) is 90.4 Å². The van der Waals surface area contributed by atoms with Crippen molar-refractivity contribution in [3.05, 3.63) is 0 Å². The van der Waals surface area contributed by atoms with Gasteiger partial charge in [-0.15, -0.1) is 0 Å². The third kappa shape index (κ3) is 2.77. The fraction of sp³-hybridized carbons (Fsp3) is 0.800. The highest BCUT2D eigenvalue weighted by atomic mass is 16.5. The summed E-state index contributed by atoms with van der Waals surface area (Å²) < 4.78 is 4.77. The SMILES string of the molecule is COC(CCN)C(=O)NN. The van der Waals surface area contributed by atoms with Crippen LogP contribution in [0.3, 0.4) is 0 Å². The number of carbonyl (C=O) groups excluding carboxylic acids is 1. The highest BCUT2D eigenvalue weighted by Crippen LogP contribution is 1.93. The summed E-state index contributed by atoms with van der Waals surface area (Å²) in [5.74, 6) is 4.52. The summed E-state index contributed by atoms with van der Waals surface area (Å²) in [4.78, 5) is 10.7. The smallest absolute Gasteiger partial charge is 0.263 e. The molecule has 0 fully saturated rings. The number of methoxy groups -OCH3 is 1. The molecule has 0 bridgehead atoms. The average molecular weight is 147 g/mol. The van der Waals surface area contributed by atoms with Crippen LogP contribution in [0.1, 0.15) is 6.42 Å². The van der Waals surface area contributed by atoms with Crippen molar-refractivity contribution < 1.29 is 9.53 Å². The molecule has 1 unspecified atom stereocenters. The van der Waals surface area contributed by atoms with Crippen molar-refractivity contribution in [2.75, 3.05) is 13.7 Å². The van der Waals surface area contributed by atoms with E-state index in [1.165, 1.54) is 7.11 Å². The van der Waals surface area contributed by atoms with Crippen LogP contribution in [-0.2, 0) is 9.53 Å². The van der Waals surface area contributed by atoms with Crippen LogP contribution in [0.25, 0.3) is 0 Å². The van der Waals surface area contributed by atoms with Gasteiger partial charge in [0.05, 0.1) is 0 Å². The molecule has 5 N–H and O–H groups in total. The summed E-state index contributed by atoms with van der Waals surface area (Å²) in [6, 6.07) is 0. The molecular weight excluding hydrogens is 134 g/mol. The van der Waals surface area contributed by atoms with Gasteiger partial charge in [-0.1, -0.05) is 0 Å². The molecular formula is C5H13N3O2. The number of rotatable bonds is 4. The van der Waals surface area contributed by atoms with Gasteiger partial charge in [0.2, 0.25) is 0 Å². The van der Waals surface area contributed by atoms with Crippen LogP contribution in [0.5, 0.6) is 0 Å². The maximum atomic E-state index is 10.7. The molecule has 10 heavy (non-hydrogen) atoms. The Morgan fingerprint density at radius 3 is 2.70 bits per heavy atom. The standard InChI is InChI=1S/C5H13N3O2/c1-10-4(2-3-6)5(9)8-7/h4H,2-3,6-7H2,1H3,(H,8,9). The third-order valence-electron chi connectivity index (χ3n) is 1.15. The minimum absolute atomic E-state index is 0.340. The lowest BCUT2D eigenvalue weighted by atomic mass is 10.2. The maximum absolute atomic E-state index is 10.7. The molecule has 1 amide bonds. The largest absolute Gasteiger partial charge is 0.372 e. The van der Waals surface area contributed by atoms with Gasteiger partial charge in [-0.3, -0.25) is 10.2 Å². The van der Waals surface area contributed by atoms with Crippen LogP contribution in [0, 0.1) is 0 Å². The number of hydrogen-bond donors (Lipinski definition) is 3. The zero-order valence-electron chi connectivity index (χ0n) is 5.96. The molecule has 1 atom stereocenters. The molecule has 5 heteroatoms. The lowest BCUT2D eigenvalue weighted by Gasteiger charge is -2.10. The van der Waals surface area contributed by atoms with E-state index in [0.29, 0.717) is 13.0 Å². The normalized spacial score (nSPS) is 12.7. The summed E-state index contributed by atoms with van der Waals surface area (Å²) in [6.45, 7) is 0.409. The van der Waals surface area contributed by atoms with E-state index in [4.69, 9.17) is 16.3 Å². The molecule has 0 aromatic rings. The quantitative estimate of drug-likeness (QED) is 0.252. The van der Waals surface area contributed by atoms with Crippen LogP contribution >= 0.6 is 0 Å². The second kappa shape index (κ2) is 5.16. The Bertz CT molecular complexity index is 107. The van der Waals surface area contributed by atoms with Gasteiger partial charge >= 0.3 is 0 Å². The molecule has 0 aliphatic carbocycles. The number of hydrazine groups is 1. The number of ether oxygens (including phenoxy) is 1. The van der Waals surface area contributed by atoms with Crippen molar-refractivity contribution in [1.82, 2.24) is 5.43 Å². The van der Waals surface area contributed by atoms with Crippen molar-refractivity contribution in [1.29, 1.82) is 0 Å². The fourth-order valence-electron chi connectivity index (χ4n) is 0.600. The van der Waals surface area contributed by atoms with Gasteiger partial charge in [-0.2, -0.15) is 0 Å². The number of nitrogens with two attached hydrogens (primary N) is 2. The van der Waals surface area contributed by atoms with Gasteiger partial charge in [0, 0.05) is 7.11 Å². The monoisotopic (exact) mass is 147 g/mol. The van der Waals surface area contributed by atoms with Gasteiger partial charge in [-0.05, 0) is 13.0 Å². The molecule has 0 rings (SSSR count). The van der Waals surface area contributed by atoms with E-state index in [1.807, 2.05) is 5.43 Å². The van der Waals surface area contributed by atoms with Crippen LogP contribution in [0.15, 0.2) is 0 Å². The molecule has 60 valence electrons. The predicted molar refractivity (Wildman–Crippen MR) is 36.8 cm³/mol. The van der Waals surface area contributed by atoms with E-state index in [1.54, 1.807) is 0 Å². The molecule has 0 saturated heterocycles. The van der Waals surface area contributed by atoms with Gasteiger partial charge in [0.15, 0.2) is 0 Å². The van der Waals surface area contributed by atoms with Crippen LogP contribution in [0.2, 0.25) is 0 Å². The lowest BCUT2D eigenvalue weighted by Crippen LogP contribution is -2.40. The van der Waals surface area contributed by atoms with Crippen molar-refractivity contribution >= 4 is 5.91 Å². The number of hydrogen-bond acceptors (Lipinski definition) is 4. The van der Waals surface area contributed by atoms with Crippen LogP contribution in [-0.4, -0.2) is 25.7 Å². The third-order valence-corrected chi connectivity index (χ3v) is 1.15. The first-order valence-electron chi connectivity index (χ1n) is 2.99. The summed E-state index contributed by atoms with van der Waals surface area (Å²) in [7, 11) is 1.44. The van der Waals surface area contributed by atoms with E-state index in [9.17, 15) is 4.79 Å². The van der Waals surface area contributed by atoms with Crippen molar-refractivity contribution in [3.8, 4) is 0 Å². The summed E-state index contributed by atoms with van der Waals surface area (Å²) in [5, 5.41) is 0. The average Bonchev–Trinajstić information content (AvgIpc) is 1.99. The second-order valence-corrected chi connectivity index (χ2v) is 1.81. The molecule has 5 nitrogen and oxygen atoms in total. The highest BCUT2D eigenvalue weighted by Gasteiger charge is 2.14. The minimum atomic E-state index is -0.519. The van der Waals surface area contributed by atoms with Crippen molar-refractivity contribution in [2.45, 2.75) is 12.5 Å². The van der Waals surface area contributed by atoms with E-state index in [2.05, 4.69) is 0 Å². The number of nitrogens with one attached hydrogen (secondary N) is 1. The van der Waals surface area contributed by atoms with E-state index < -0.39 is 6.10 Å². The number of amides is 1. The molecule has 0 aliphatic heterocycles. The zero-order valence-corrected chi connectivity index (χ0v) is 5.96. The van der Waals surface area contributed by atoms with Gasteiger partial charge in [0.25, 0.3) is 5.91 Å². The maximum Gasteiger partial charge on any atom is 0.263 e. The minimum Gasteiger partial charge on any atom is -0.372 e. The van der Waals surface area contributed by atoms with Crippen LogP contribution < -0.4 is 17.0 Å². The van der Waals surface area contributed by atoms with Gasteiger partial charge in [0.1, 0.15) is 6.10 Å². The van der Waals surface area contributed by atoms with Crippen molar-refractivity contribution in [2.24, 2.45) is 11.6 Å². The molecule has 0 heterocycles. The van der Waals surface area contributed by atoms with Gasteiger partial charge < -0.3 is 10.5 Å². The Kier molecular flexibility index (Phi) is 4.82. The van der Waals surface area contributed by atoms with E-state index in [0.717, 1.165) is 0 Å². The van der Waals surface area contributed by atoms with Gasteiger partial charge in [-0.25, -0.2) is 5.84 Å². The molecule has 0 aromatic heterocycles. The molecule has 0 aromatic carbocycles. The highest BCUT2D eigenvalue weighted by molar-refractivity contribution is 5.80. The lowest BCUT2D eigenvalue weighted by molar-refractivity contribution is -0.131. The van der Waals surface area contributed by atoms with Crippen LogP contribution in [0.4, 0.5) is 0 Å². The Labute approximate surface area is 59.7 Å². The van der Waals surface area contributed by atoms with E-state index >= 15 is 0 Å². The molecule has 0 aliphatic rings. The Morgan fingerprint density at radius 1 is 1.80 bits per heavy atom. The van der Waals surface area contributed by atoms with E-state index in [-0.39, 0.29) is 5.91 Å². The first kappa shape index (κ1) is 9.35.